The van der Waals surface area contributed by atoms with Crippen molar-refractivity contribution in [2.75, 3.05) is 20.1 Å². The Morgan fingerprint density at radius 1 is 1.17 bits per heavy atom. The van der Waals surface area contributed by atoms with Crippen molar-refractivity contribution in [3.8, 4) is 5.75 Å². The number of aromatic nitrogens is 1. The van der Waals surface area contributed by atoms with E-state index in [1.807, 2.05) is 54.7 Å². The van der Waals surface area contributed by atoms with E-state index in [-0.39, 0.29) is 5.30 Å². The number of fused-ring (bicyclic) bond motifs is 1. The maximum absolute atomic E-state index is 12.4. The summed E-state index contributed by atoms with van der Waals surface area (Å²) in [6.45, 7) is 6.21. The zero-order valence-electron chi connectivity index (χ0n) is 18.0. The molecule has 0 aliphatic heterocycles. The van der Waals surface area contributed by atoms with Crippen LogP contribution in [0.1, 0.15) is 31.4 Å². The molecule has 30 heavy (non-hydrogen) atoms. The first kappa shape index (κ1) is 22.2. The average Bonchev–Trinajstić information content (AvgIpc) is 3.19. The van der Waals surface area contributed by atoms with E-state index in [4.69, 9.17) is 4.74 Å². The Bertz CT molecular complexity index is 995. The van der Waals surface area contributed by atoms with Gasteiger partial charge in [-0.3, -0.25) is 0 Å². The number of carbonyl (C=O) groups excluding carboxylic acids is 1. The Morgan fingerprint density at radius 3 is 2.70 bits per heavy atom. The molecule has 2 aromatic carbocycles. The lowest BCUT2D eigenvalue weighted by Crippen LogP contribution is -2.23. The molecule has 0 atom stereocenters. The van der Waals surface area contributed by atoms with Crippen LogP contribution in [0.15, 0.2) is 66.4 Å². The molecule has 0 unspecified atom stereocenters. The lowest BCUT2D eigenvalue weighted by molar-refractivity contribution is 0.227. The molecule has 0 saturated heterocycles. The van der Waals surface area contributed by atoms with Crippen molar-refractivity contribution in [3.63, 3.8) is 0 Å². The van der Waals surface area contributed by atoms with Crippen LogP contribution in [0.25, 0.3) is 10.9 Å². The van der Waals surface area contributed by atoms with E-state index >= 15 is 0 Å². The minimum Gasteiger partial charge on any atom is -0.418 e. The first-order valence-electron chi connectivity index (χ1n) is 10.4. The summed E-state index contributed by atoms with van der Waals surface area (Å²) in [6.07, 6.45) is 6.20. The van der Waals surface area contributed by atoms with Gasteiger partial charge in [0.15, 0.2) is 0 Å². The second-order valence-electron chi connectivity index (χ2n) is 7.41. The Labute approximate surface area is 183 Å². The van der Waals surface area contributed by atoms with Gasteiger partial charge in [-0.25, -0.2) is 4.79 Å². The minimum absolute atomic E-state index is 0.281. The van der Waals surface area contributed by atoms with E-state index < -0.39 is 0 Å². The largest absolute Gasteiger partial charge is 0.418 e. The predicted octanol–water partition coefficient (Wildman–Crippen LogP) is 6.43. The summed E-state index contributed by atoms with van der Waals surface area (Å²) in [4.78, 5) is 18.1. The summed E-state index contributed by atoms with van der Waals surface area (Å²) in [5, 5.41) is 0.720. The molecule has 0 amide bonds. The van der Waals surface area contributed by atoms with Gasteiger partial charge in [0.2, 0.25) is 0 Å². The molecular weight excluding hydrogens is 392 g/mol. The van der Waals surface area contributed by atoms with Gasteiger partial charge in [0.05, 0.1) is 0 Å². The molecule has 0 saturated carbocycles. The van der Waals surface area contributed by atoms with Gasteiger partial charge in [0, 0.05) is 35.9 Å². The van der Waals surface area contributed by atoms with Crippen LogP contribution >= 0.6 is 11.8 Å². The number of benzene rings is 2. The van der Waals surface area contributed by atoms with E-state index in [2.05, 4.69) is 36.9 Å². The molecule has 158 valence electrons. The van der Waals surface area contributed by atoms with Crippen molar-refractivity contribution in [2.24, 2.45) is 0 Å². The van der Waals surface area contributed by atoms with Crippen LogP contribution in [0.2, 0.25) is 0 Å². The fourth-order valence-corrected chi connectivity index (χ4v) is 4.11. The third kappa shape index (κ3) is 6.00. The van der Waals surface area contributed by atoms with Crippen LogP contribution in [-0.4, -0.2) is 35.3 Å². The quantitative estimate of drug-likeness (QED) is 0.319. The highest BCUT2D eigenvalue weighted by molar-refractivity contribution is 8.12. The maximum atomic E-state index is 12.4. The number of nitrogens with zero attached hydrogens (tertiary/aromatic N) is 1. The number of hydrogen-bond acceptors (Lipinski definition) is 4. The highest BCUT2D eigenvalue weighted by Gasteiger charge is 2.14. The fourth-order valence-electron chi connectivity index (χ4n) is 3.48. The maximum Gasteiger partial charge on any atom is 0.373 e. The molecule has 0 fully saturated rings. The Kier molecular flexibility index (Phi) is 8.17. The highest BCUT2D eigenvalue weighted by atomic mass is 32.2. The second-order valence-corrected chi connectivity index (χ2v) is 8.32. The Hall–Kier alpha value is -2.50. The summed E-state index contributed by atoms with van der Waals surface area (Å²) in [5.74, 6) is 1.23. The van der Waals surface area contributed by atoms with Crippen molar-refractivity contribution in [1.29, 1.82) is 0 Å². The van der Waals surface area contributed by atoms with Gasteiger partial charge >= 0.3 is 5.30 Å². The van der Waals surface area contributed by atoms with Gasteiger partial charge in [-0.2, -0.15) is 0 Å². The molecule has 0 aliphatic rings. The van der Waals surface area contributed by atoms with E-state index in [0.29, 0.717) is 11.5 Å². The third-order valence-electron chi connectivity index (χ3n) is 5.24. The summed E-state index contributed by atoms with van der Waals surface area (Å²) in [7, 11) is 2.15. The standard InChI is InChI=1S/C25H30N2O2S/c1-4-19(5-2)17-27(3)15-14-21-16-26-22-12-9-13-23(24(21)22)29-25(28)30-18-20-10-7-6-8-11-20/h4,6-13,16,26H,5,14-15,17-18H2,1-3H3/b19-4-. The van der Waals surface area contributed by atoms with Gasteiger partial charge in [0.25, 0.3) is 0 Å². The fraction of sp³-hybridized carbons (Fsp3) is 0.320. The van der Waals surface area contributed by atoms with Gasteiger partial charge < -0.3 is 14.6 Å². The molecule has 1 aromatic heterocycles. The van der Waals surface area contributed by atoms with Crippen molar-refractivity contribution in [2.45, 2.75) is 32.4 Å². The van der Waals surface area contributed by atoms with E-state index in [9.17, 15) is 4.79 Å². The van der Waals surface area contributed by atoms with Crippen LogP contribution < -0.4 is 4.74 Å². The highest BCUT2D eigenvalue weighted by Crippen LogP contribution is 2.30. The Balaban J connectivity index is 1.65. The number of rotatable bonds is 9. The van der Waals surface area contributed by atoms with Gasteiger partial charge in [0.1, 0.15) is 5.75 Å². The summed E-state index contributed by atoms with van der Waals surface area (Å²) >= 11 is 1.19. The number of carbonyl (C=O) groups is 1. The molecular formula is C25H30N2O2S. The normalized spacial score (nSPS) is 11.9. The smallest absolute Gasteiger partial charge is 0.373 e. The van der Waals surface area contributed by atoms with Crippen LogP contribution in [0.3, 0.4) is 0 Å². The number of aromatic amines is 1. The number of H-pyrrole nitrogens is 1. The monoisotopic (exact) mass is 422 g/mol. The molecule has 0 spiro atoms. The Morgan fingerprint density at radius 2 is 1.97 bits per heavy atom. The van der Waals surface area contributed by atoms with Crippen molar-refractivity contribution in [1.82, 2.24) is 9.88 Å². The van der Waals surface area contributed by atoms with Crippen LogP contribution in [0.5, 0.6) is 5.75 Å². The first-order chi connectivity index (χ1) is 14.6. The second kappa shape index (κ2) is 11.0. The molecule has 1 heterocycles. The zero-order valence-corrected chi connectivity index (χ0v) is 18.8. The van der Waals surface area contributed by atoms with E-state index in [1.54, 1.807) is 0 Å². The summed E-state index contributed by atoms with van der Waals surface area (Å²) in [6, 6.07) is 15.8. The van der Waals surface area contributed by atoms with Crippen LogP contribution in [0, 0.1) is 0 Å². The van der Waals surface area contributed by atoms with Crippen molar-refractivity contribution >= 4 is 28.0 Å². The lowest BCUT2D eigenvalue weighted by atomic mass is 10.1. The van der Waals surface area contributed by atoms with Gasteiger partial charge in [-0.15, -0.1) is 0 Å². The molecule has 3 rings (SSSR count). The molecule has 3 aromatic rings. The van der Waals surface area contributed by atoms with Crippen LogP contribution in [-0.2, 0) is 12.2 Å². The lowest BCUT2D eigenvalue weighted by Gasteiger charge is -2.18. The number of allylic oxidation sites excluding steroid dienone is 1. The third-order valence-corrected chi connectivity index (χ3v) is 6.04. The first-order valence-corrected chi connectivity index (χ1v) is 11.4. The van der Waals surface area contributed by atoms with Crippen LogP contribution in [0.4, 0.5) is 4.79 Å². The summed E-state index contributed by atoms with van der Waals surface area (Å²) < 4.78 is 5.74. The van der Waals surface area contributed by atoms with Gasteiger partial charge in [-0.05, 0) is 61.8 Å². The van der Waals surface area contributed by atoms with Crippen molar-refractivity contribution < 1.29 is 9.53 Å². The van der Waals surface area contributed by atoms with E-state index in [0.717, 1.165) is 42.4 Å². The number of ether oxygens (including phenoxy) is 1. The number of hydrogen-bond donors (Lipinski definition) is 1. The minimum atomic E-state index is -0.281. The average molecular weight is 423 g/mol. The molecule has 1 N–H and O–H groups in total. The number of likely N-dealkylation sites (N-methyl/N-ethyl adjacent to an activating group) is 1. The molecule has 0 radical (unpaired) electrons. The number of thioether (sulfide) groups is 1. The van der Waals surface area contributed by atoms with Gasteiger partial charge in [-0.1, -0.05) is 55.0 Å². The zero-order chi connectivity index (χ0) is 21.3. The topological polar surface area (TPSA) is 45.3 Å². The molecule has 4 nitrogen and oxygen atoms in total. The molecule has 0 bridgehead atoms. The molecule has 0 aliphatic carbocycles. The summed E-state index contributed by atoms with van der Waals surface area (Å²) in [5.41, 5.74) is 4.72. The SMILES string of the molecule is C/C=C(/CC)CN(C)CCc1c[nH]c2cccc(OC(=O)SCc3ccccc3)c12. The predicted molar refractivity (Wildman–Crippen MR) is 127 cm³/mol. The van der Waals surface area contributed by atoms with E-state index in [1.165, 1.54) is 22.9 Å². The molecule has 5 heteroatoms. The van der Waals surface area contributed by atoms with Crippen molar-refractivity contribution in [3.05, 3.63) is 77.5 Å². The number of nitrogens with one attached hydrogen (secondary N) is 1.